The molecule has 10 heteroatoms. The molecule has 0 saturated carbocycles. The predicted octanol–water partition coefficient (Wildman–Crippen LogP) is 1.88. The van der Waals surface area contributed by atoms with Crippen LogP contribution in [-0.4, -0.2) is 42.2 Å². The Morgan fingerprint density at radius 1 is 1.03 bits per heavy atom. The third kappa shape index (κ3) is 5.68. The van der Waals surface area contributed by atoms with Gasteiger partial charge in [-0.1, -0.05) is 29.5 Å². The molecule has 3 aromatic rings. The molecule has 0 saturated heterocycles. The van der Waals surface area contributed by atoms with Crippen molar-refractivity contribution in [2.45, 2.75) is 6.42 Å². The lowest BCUT2D eigenvalue weighted by molar-refractivity contribution is -0.119. The molecule has 32 heavy (non-hydrogen) atoms. The molecule has 0 radical (unpaired) electrons. The van der Waals surface area contributed by atoms with Crippen molar-refractivity contribution in [1.82, 2.24) is 4.98 Å². The summed E-state index contributed by atoms with van der Waals surface area (Å²) in [5.74, 6) is -0.415. The van der Waals surface area contributed by atoms with E-state index in [1.807, 2.05) is 30.3 Å². The van der Waals surface area contributed by atoms with Gasteiger partial charge in [0.2, 0.25) is 11.7 Å². The van der Waals surface area contributed by atoms with E-state index in [1.165, 1.54) is 0 Å². The number of Topliss-reactive ketones (excluding diaryl/α,β-unsaturated/α-hetero) is 1. The number of rotatable bonds is 11. The van der Waals surface area contributed by atoms with Gasteiger partial charge in [-0.15, -0.1) is 0 Å². The molecule has 0 aliphatic heterocycles. The number of hydrogen-bond donors (Lipinski definition) is 3. The lowest BCUT2D eigenvalue weighted by atomic mass is 10.1. The summed E-state index contributed by atoms with van der Waals surface area (Å²) in [6, 6.07) is 15.7. The highest BCUT2D eigenvalue weighted by atomic mass is 32.1. The van der Waals surface area contributed by atoms with Gasteiger partial charge in [0.25, 0.3) is 0 Å². The van der Waals surface area contributed by atoms with E-state index in [-0.39, 0.29) is 41.8 Å². The number of carbonyl (C=O) groups is 3. The first-order valence-corrected chi connectivity index (χ1v) is 10.6. The van der Waals surface area contributed by atoms with E-state index in [4.69, 9.17) is 21.9 Å². The van der Waals surface area contributed by atoms with Crippen LogP contribution in [0.25, 0.3) is 0 Å². The summed E-state index contributed by atoms with van der Waals surface area (Å²) in [6.07, 6.45) is 0.117. The number of para-hydroxylation sites is 1. The monoisotopic (exact) mass is 453 g/mol. The Morgan fingerprint density at radius 3 is 2.34 bits per heavy atom. The number of hydrogen-bond acceptors (Lipinski definition) is 9. The van der Waals surface area contributed by atoms with Crippen molar-refractivity contribution >= 4 is 45.4 Å². The van der Waals surface area contributed by atoms with Gasteiger partial charge in [0.15, 0.2) is 10.9 Å². The minimum Gasteiger partial charge on any atom is -0.486 e. The van der Waals surface area contributed by atoms with E-state index in [9.17, 15) is 14.4 Å². The highest BCUT2D eigenvalue weighted by molar-refractivity contribution is 7.18. The molecule has 9 nitrogen and oxygen atoms in total. The number of ether oxygens (including phenoxy) is 1. The summed E-state index contributed by atoms with van der Waals surface area (Å²) < 4.78 is 5.33. The molecule has 0 unspecified atom stereocenters. The smallest absolute Gasteiger partial charge is 0.219 e. The largest absolute Gasteiger partial charge is 0.486 e. The second kappa shape index (κ2) is 10.5. The van der Waals surface area contributed by atoms with Crippen molar-refractivity contribution in [2.24, 2.45) is 11.5 Å². The first-order chi connectivity index (χ1) is 15.4. The Balaban J connectivity index is 1.82. The molecule has 0 atom stereocenters. The average Bonchev–Trinajstić information content (AvgIpc) is 3.19. The quantitative estimate of drug-likeness (QED) is 0.372. The van der Waals surface area contributed by atoms with E-state index in [2.05, 4.69) is 4.98 Å². The summed E-state index contributed by atoms with van der Waals surface area (Å²) in [7, 11) is 0. The molecule has 0 aliphatic rings. The minimum absolute atomic E-state index is 0.0942. The van der Waals surface area contributed by atoms with Gasteiger partial charge in [0, 0.05) is 24.2 Å². The molecule has 0 fully saturated rings. The van der Waals surface area contributed by atoms with Gasteiger partial charge in [-0.25, -0.2) is 4.98 Å². The topological polar surface area (TPSA) is 155 Å². The molecule has 1 heterocycles. The normalized spacial score (nSPS) is 10.5. The lowest BCUT2D eigenvalue weighted by Gasteiger charge is -2.21. The van der Waals surface area contributed by atoms with Crippen molar-refractivity contribution < 1.29 is 19.1 Å². The van der Waals surface area contributed by atoms with E-state index in [1.54, 1.807) is 29.2 Å². The standard InChI is InChI=1S/C22H23N5O4S/c23-12-16(28)13-31-17-8-6-14(7-9-17)19(30)20-21(25)26-22(32-20)27(11-10-18(24)29)15-4-2-1-3-5-15/h1-9H,10-13,23,25H2,(H2,24,29). The van der Waals surface area contributed by atoms with Gasteiger partial charge in [-0.3, -0.25) is 14.4 Å². The Hall–Kier alpha value is -3.76. The minimum atomic E-state index is -0.442. The second-order valence-corrected chi connectivity index (χ2v) is 7.78. The zero-order valence-corrected chi connectivity index (χ0v) is 18.0. The average molecular weight is 454 g/mol. The van der Waals surface area contributed by atoms with Gasteiger partial charge >= 0.3 is 0 Å². The third-order valence-corrected chi connectivity index (χ3v) is 5.57. The van der Waals surface area contributed by atoms with Crippen LogP contribution in [-0.2, 0) is 9.59 Å². The van der Waals surface area contributed by atoms with E-state index >= 15 is 0 Å². The number of nitrogens with two attached hydrogens (primary N) is 3. The van der Waals surface area contributed by atoms with Gasteiger partial charge in [0.05, 0.1) is 6.54 Å². The van der Waals surface area contributed by atoms with E-state index in [0.29, 0.717) is 23.0 Å². The number of benzene rings is 2. The zero-order valence-electron chi connectivity index (χ0n) is 17.2. The van der Waals surface area contributed by atoms with Crippen molar-refractivity contribution in [3.63, 3.8) is 0 Å². The maximum absolute atomic E-state index is 13.0. The van der Waals surface area contributed by atoms with Crippen LogP contribution in [0.5, 0.6) is 5.75 Å². The second-order valence-electron chi connectivity index (χ2n) is 6.80. The Bertz CT molecular complexity index is 1100. The molecule has 166 valence electrons. The Labute approximate surface area is 188 Å². The van der Waals surface area contributed by atoms with Gasteiger partial charge in [-0.2, -0.15) is 0 Å². The molecule has 6 N–H and O–H groups in total. The van der Waals surface area contributed by atoms with Gasteiger partial charge < -0.3 is 26.8 Å². The molecular weight excluding hydrogens is 430 g/mol. The summed E-state index contributed by atoms with van der Waals surface area (Å²) in [4.78, 5) is 42.1. The van der Waals surface area contributed by atoms with Crippen LogP contribution in [0.3, 0.4) is 0 Å². The lowest BCUT2D eigenvalue weighted by Crippen LogP contribution is -2.23. The van der Waals surface area contributed by atoms with Gasteiger partial charge in [-0.05, 0) is 36.4 Å². The van der Waals surface area contributed by atoms with Crippen molar-refractivity contribution in [2.75, 3.05) is 30.3 Å². The molecule has 3 rings (SSSR count). The summed E-state index contributed by atoms with van der Waals surface area (Å²) in [6.45, 7) is 0.0754. The number of amides is 1. The van der Waals surface area contributed by atoms with Crippen LogP contribution in [0.15, 0.2) is 54.6 Å². The van der Waals surface area contributed by atoms with Crippen LogP contribution >= 0.6 is 11.3 Å². The predicted molar refractivity (Wildman–Crippen MR) is 123 cm³/mol. The number of thiazole rings is 1. The first kappa shape index (κ1) is 22.9. The molecule has 1 aromatic heterocycles. The maximum atomic E-state index is 13.0. The van der Waals surface area contributed by atoms with E-state index < -0.39 is 5.91 Å². The zero-order chi connectivity index (χ0) is 23.1. The van der Waals surface area contributed by atoms with Crippen molar-refractivity contribution in [1.29, 1.82) is 0 Å². The number of primary amides is 1. The fraction of sp³-hybridized carbons (Fsp3) is 0.182. The number of nitrogens with zero attached hydrogens (tertiary/aromatic N) is 2. The summed E-state index contributed by atoms with van der Waals surface area (Å²) in [5, 5.41) is 0.485. The van der Waals surface area contributed by atoms with Crippen molar-refractivity contribution in [3.05, 3.63) is 65.0 Å². The molecule has 0 aliphatic carbocycles. The van der Waals surface area contributed by atoms with Crippen LogP contribution < -0.4 is 26.8 Å². The summed E-state index contributed by atoms with van der Waals surface area (Å²) >= 11 is 1.14. The number of aromatic nitrogens is 1. The molecule has 2 aromatic carbocycles. The maximum Gasteiger partial charge on any atom is 0.219 e. The molecular formula is C22H23N5O4S. The fourth-order valence-electron chi connectivity index (χ4n) is 2.82. The third-order valence-electron chi connectivity index (χ3n) is 4.47. The fourth-order valence-corrected chi connectivity index (χ4v) is 3.81. The van der Waals surface area contributed by atoms with Crippen LogP contribution in [0.1, 0.15) is 21.7 Å². The number of nitrogen functional groups attached to an aromatic ring is 1. The first-order valence-electron chi connectivity index (χ1n) is 9.75. The Morgan fingerprint density at radius 2 is 1.72 bits per heavy atom. The number of carbonyl (C=O) groups excluding carboxylic acids is 3. The molecule has 1 amide bonds. The number of anilines is 3. The number of ketones is 2. The summed E-state index contributed by atoms with van der Waals surface area (Å²) in [5.41, 5.74) is 17.8. The van der Waals surface area contributed by atoms with Crippen LogP contribution in [0.4, 0.5) is 16.6 Å². The molecule has 0 bridgehead atoms. The van der Waals surface area contributed by atoms with Crippen LogP contribution in [0.2, 0.25) is 0 Å². The van der Waals surface area contributed by atoms with Gasteiger partial charge in [0.1, 0.15) is 23.1 Å². The van der Waals surface area contributed by atoms with Crippen molar-refractivity contribution in [3.8, 4) is 5.75 Å². The van der Waals surface area contributed by atoms with E-state index in [0.717, 1.165) is 17.0 Å². The van der Waals surface area contributed by atoms with Crippen LogP contribution in [0, 0.1) is 0 Å². The highest BCUT2D eigenvalue weighted by Gasteiger charge is 2.22. The highest BCUT2D eigenvalue weighted by Crippen LogP contribution is 2.34. The molecule has 0 spiro atoms. The Kier molecular flexibility index (Phi) is 7.53. The SMILES string of the molecule is NCC(=O)COc1ccc(C(=O)c2sc(N(CCC(N)=O)c3ccccc3)nc2N)cc1.